The Morgan fingerprint density at radius 1 is 0.972 bits per heavy atom. The molecule has 2 aromatic rings. The molecule has 196 valence electrons. The van der Waals surface area contributed by atoms with Crippen LogP contribution in [0.2, 0.25) is 0 Å². The van der Waals surface area contributed by atoms with Gasteiger partial charge in [-0.25, -0.2) is 0 Å². The maximum atomic E-state index is 11.7. The Labute approximate surface area is 213 Å². The summed E-state index contributed by atoms with van der Waals surface area (Å²) in [7, 11) is 0. The number of nitrogens with zero attached hydrogens (tertiary/aromatic N) is 1. The fourth-order valence-corrected chi connectivity index (χ4v) is 4.35. The summed E-state index contributed by atoms with van der Waals surface area (Å²) in [6.07, 6.45) is 2.73. The molecule has 8 nitrogen and oxygen atoms in total. The minimum atomic E-state index is -0.803. The zero-order valence-corrected chi connectivity index (χ0v) is 21.6. The highest BCUT2D eigenvalue weighted by atomic mass is 16.7. The summed E-state index contributed by atoms with van der Waals surface area (Å²) in [6, 6.07) is 13.8. The smallest absolute Gasteiger partial charge is 0.303 e. The average molecular weight is 500 g/mol. The zero-order chi connectivity index (χ0) is 25.9. The highest BCUT2D eigenvalue weighted by molar-refractivity contribution is 5.67. The molecule has 1 aromatic carbocycles. The molecule has 0 spiro atoms. The summed E-state index contributed by atoms with van der Waals surface area (Å²) in [5, 5.41) is 0. The van der Waals surface area contributed by atoms with Gasteiger partial charge in [-0.3, -0.25) is 14.6 Å². The van der Waals surface area contributed by atoms with E-state index in [-0.39, 0.29) is 12.0 Å². The third kappa shape index (κ3) is 8.31. The van der Waals surface area contributed by atoms with Crippen LogP contribution in [0.3, 0.4) is 0 Å². The molecule has 2 heterocycles. The summed E-state index contributed by atoms with van der Waals surface area (Å²) in [6.45, 7) is 7.49. The average Bonchev–Trinajstić information content (AvgIpc) is 2.86. The van der Waals surface area contributed by atoms with Crippen molar-refractivity contribution >= 4 is 11.9 Å². The maximum absolute atomic E-state index is 11.7. The molecule has 0 aliphatic carbocycles. The summed E-state index contributed by atoms with van der Waals surface area (Å²) in [4.78, 5) is 27.7. The molecule has 1 aromatic heterocycles. The Bertz CT molecular complexity index is 950. The van der Waals surface area contributed by atoms with Crippen LogP contribution in [0.1, 0.15) is 58.2 Å². The quantitative estimate of drug-likeness (QED) is 0.308. The van der Waals surface area contributed by atoms with Gasteiger partial charge in [0, 0.05) is 32.6 Å². The van der Waals surface area contributed by atoms with Gasteiger partial charge >= 0.3 is 11.9 Å². The van der Waals surface area contributed by atoms with Gasteiger partial charge in [0.2, 0.25) is 0 Å². The third-order valence-corrected chi connectivity index (χ3v) is 6.19. The first kappa shape index (κ1) is 27.6. The summed E-state index contributed by atoms with van der Waals surface area (Å²) in [5.41, 5.74) is 2.10. The lowest BCUT2D eigenvalue weighted by Gasteiger charge is -2.43. The topological polar surface area (TPSA) is 93.2 Å². The largest absolute Gasteiger partial charge is 0.487 e. The lowest BCUT2D eigenvalue weighted by atomic mass is 9.89. The Morgan fingerprint density at radius 3 is 2.33 bits per heavy atom. The Morgan fingerprint density at radius 2 is 1.69 bits per heavy atom. The molecule has 1 aliphatic heterocycles. The predicted octanol–water partition coefficient (Wildman–Crippen LogP) is 4.63. The lowest BCUT2D eigenvalue weighted by Crippen LogP contribution is -2.57. The number of carbonyl (C=O) groups is 2. The fraction of sp³-hybridized carbons (Fsp3) is 0.536. The molecule has 36 heavy (non-hydrogen) atoms. The molecule has 5 atom stereocenters. The molecule has 1 saturated heterocycles. The first-order valence-electron chi connectivity index (χ1n) is 12.6. The molecule has 3 rings (SSSR count). The number of hydrogen-bond acceptors (Lipinski definition) is 8. The second-order valence-electron chi connectivity index (χ2n) is 9.04. The van der Waals surface area contributed by atoms with Crippen LogP contribution in [0.25, 0.3) is 0 Å². The van der Waals surface area contributed by atoms with E-state index >= 15 is 0 Å². The standard InChI is InChI=1S/C28H37NO7/c1-5-25-19(2)26(34-20(3)30)27(35-21(4)31)28(36-25)32-17-9-7-10-22-12-14-24(15-13-22)33-18-23-11-6-8-16-29-23/h6,8,11-16,19,25-28H,5,7,9-10,17-18H2,1-4H3. The Kier molecular flexibility index (Phi) is 10.7. The van der Waals surface area contributed by atoms with Gasteiger partial charge in [0.25, 0.3) is 0 Å². The van der Waals surface area contributed by atoms with Gasteiger partial charge in [-0.15, -0.1) is 0 Å². The van der Waals surface area contributed by atoms with E-state index in [0.29, 0.717) is 13.2 Å². The first-order valence-corrected chi connectivity index (χ1v) is 12.6. The molecule has 1 fully saturated rings. The molecule has 5 unspecified atom stereocenters. The van der Waals surface area contributed by atoms with E-state index in [0.717, 1.165) is 37.1 Å². The molecule has 1 aliphatic rings. The lowest BCUT2D eigenvalue weighted by molar-refractivity contribution is -0.290. The minimum Gasteiger partial charge on any atom is -0.487 e. The number of aromatic nitrogens is 1. The van der Waals surface area contributed by atoms with Crippen molar-refractivity contribution in [3.05, 3.63) is 59.9 Å². The van der Waals surface area contributed by atoms with E-state index in [4.69, 9.17) is 23.7 Å². The van der Waals surface area contributed by atoms with Crippen LogP contribution in [-0.2, 0) is 41.6 Å². The predicted molar refractivity (Wildman–Crippen MR) is 133 cm³/mol. The third-order valence-electron chi connectivity index (χ3n) is 6.19. The van der Waals surface area contributed by atoms with Crippen LogP contribution in [0.4, 0.5) is 0 Å². The minimum absolute atomic E-state index is 0.126. The van der Waals surface area contributed by atoms with Gasteiger partial charge in [-0.1, -0.05) is 32.0 Å². The van der Waals surface area contributed by atoms with E-state index in [9.17, 15) is 9.59 Å². The van der Waals surface area contributed by atoms with Crippen LogP contribution in [-0.4, -0.2) is 48.1 Å². The molecule has 0 N–H and O–H groups in total. The van der Waals surface area contributed by atoms with E-state index in [2.05, 4.69) is 17.1 Å². The van der Waals surface area contributed by atoms with Crippen molar-refractivity contribution in [3.63, 3.8) is 0 Å². The fourth-order valence-electron chi connectivity index (χ4n) is 4.35. The van der Waals surface area contributed by atoms with Gasteiger partial charge in [0.15, 0.2) is 12.4 Å². The number of carbonyl (C=O) groups excluding carboxylic acids is 2. The summed E-state index contributed by atoms with van der Waals surface area (Å²) >= 11 is 0. The highest BCUT2D eigenvalue weighted by Crippen LogP contribution is 2.32. The van der Waals surface area contributed by atoms with Gasteiger partial charge in [0.05, 0.1) is 11.8 Å². The number of ether oxygens (including phenoxy) is 5. The number of esters is 2. The monoisotopic (exact) mass is 499 g/mol. The van der Waals surface area contributed by atoms with E-state index in [1.807, 2.05) is 44.2 Å². The van der Waals surface area contributed by atoms with Crippen LogP contribution in [0, 0.1) is 5.92 Å². The molecule has 0 amide bonds. The molecule has 8 heteroatoms. The molecular weight excluding hydrogens is 462 g/mol. The van der Waals surface area contributed by atoms with Gasteiger partial charge in [-0.2, -0.15) is 0 Å². The number of pyridine rings is 1. The highest BCUT2D eigenvalue weighted by Gasteiger charge is 2.47. The van der Waals surface area contributed by atoms with Crippen LogP contribution < -0.4 is 4.74 Å². The maximum Gasteiger partial charge on any atom is 0.303 e. The first-order chi connectivity index (χ1) is 17.4. The van der Waals surface area contributed by atoms with E-state index < -0.39 is 30.4 Å². The van der Waals surface area contributed by atoms with Crippen molar-refractivity contribution in [1.29, 1.82) is 0 Å². The second kappa shape index (κ2) is 13.9. The van der Waals surface area contributed by atoms with Crippen LogP contribution in [0.15, 0.2) is 48.7 Å². The molecule has 0 bridgehead atoms. The molecule has 0 saturated carbocycles. The Hall–Kier alpha value is -2.97. The van der Waals surface area contributed by atoms with Crippen molar-refractivity contribution in [2.75, 3.05) is 6.61 Å². The number of aryl methyl sites for hydroxylation is 1. The van der Waals surface area contributed by atoms with E-state index in [1.54, 1.807) is 6.20 Å². The van der Waals surface area contributed by atoms with Gasteiger partial charge in [-0.05, 0) is 55.5 Å². The number of unbranched alkanes of at least 4 members (excludes halogenated alkanes) is 1. The van der Waals surface area contributed by atoms with Gasteiger partial charge < -0.3 is 23.7 Å². The zero-order valence-electron chi connectivity index (χ0n) is 21.6. The van der Waals surface area contributed by atoms with E-state index in [1.165, 1.54) is 19.4 Å². The number of rotatable bonds is 12. The van der Waals surface area contributed by atoms with Crippen molar-refractivity contribution in [3.8, 4) is 5.75 Å². The molecule has 0 radical (unpaired) electrons. The van der Waals surface area contributed by atoms with Crippen molar-refractivity contribution in [2.24, 2.45) is 5.92 Å². The van der Waals surface area contributed by atoms with Crippen molar-refractivity contribution in [1.82, 2.24) is 4.98 Å². The van der Waals surface area contributed by atoms with Crippen LogP contribution >= 0.6 is 0 Å². The number of hydrogen-bond donors (Lipinski definition) is 0. The normalized spacial score (nSPS) is 23.6. The second-order valence-corrected chi connectivity index (χ2v) is 9.04. The van der Waals surface area contributed by atoms with Crippen molar-refractivity contribution in [2.45, 2.75) is 84.6 Å². The van der Waals surface area contributed by atoms with Gasteiger partial charge in [0.1, 0.15) is 18.5 Å². The molecular formula is C28H37NO7. The number of benzene rings is 1. The van der Waals surface area contributed by atoms with Crippen LogP contribution in [0.5, 0.6) is 5.75 Å². The Balaban J connectivity index is 1.46. The SMILES string of the molecule is CCC1OC(OCCCCc2ccc(OCc3ccccn3)cc2)C(OC(C)=O)C(OC(C)=O)C1C. The summed E-state index contributed by atoms with van der Waals surface area (Å²) < 4.78 is 28.9. The summed E-state index contributed by atoms with van der Waals surface area (Å²) in [5.74, 6) is -0.212. The van der Waals surface area contributed by atoms with Crippen molar-refractivity contribution < 1.29 is 33.3 Å².